The molecule has 0 heterocycles. The summed E-state index contributed by atoms with van der Waals surface area (Å²) >= 11 is 0. The van der Waals surface area contributed by atoms with Gasteiger partial charge in [0, 0.05) is 0 Å². The highest BCUT2D eigenvalue weighted by Gasteiger charge is 2.32. The van der Waals surface area contributed by atoms with Crippen LogP contribution in [-0.4, -0.2) is 80.9 Å². The molecule has 0 aromatic heterocycles. The van der Waals surface area contributed by atoms with Gasteiger partial charge in [-0.2, -0.15) is 0 Å². The van der Waals surface area contributed by atoms with Crippen molar-refractivity contribution >= 4 is 13.6 Å². The summed E-state index contributed by atoms with van der Waals surface area (Å²) < 4.78 is 19.5. The lowest BCUT2D eigenvalue weighted by Gasteiger charge is -2.20. The number of aliphatic hydroxyl groups is 5. The van der Waals surface area contributed by atoms with Crippen LogP contribution < -0.4 is 0 Å². The molecule has 114 valence electrons. The van der Waals surface area contributed by atoms with Gasteiger partial charge in [-0.1, -0.05) is 0 Å². The van der Waals surface area contributed by atoms with Gasteiger partial charge >= 0.3 is 7.82 Å². The number of ketones is 1. The molecule has 10 nitrogen and oxygen atoms in total. The predicted octanol–water partition coefficient (Wildman–Crippen LogP) is -3.24. The average Bonchev–Trinajstić information content (AvgIpc) is 2.40. The molecule has 1 unspecified atom stereocenters. The minimum absolute atomic E-state index is 0.490. The Balaban J connectivity index is 4.27. The molecule has 0 fully saturated rings. The first-order valence-corrected chi connectivity index (χ1v) is 6.65. The molecule has 0 aliphatic carbocycles. The zero-order valence-electron chi connectivity index (χ0n) is 9.82. The van der Waals surface area contributed by atoms with Crippen LogP contribution in [0.2, 0.25) is 0 Å². The molecule has 0 rings (SSSR count). The zero-order valence-corrected chi connectivity index (χ0v) is 10.7. The quantitative estimate of drug-likeness (QED) is 0.225. The molecule has 0 amide bonds. The van der Waals surface area contributed by atoms with Gasteiger partial charge in [-0.25, -0.2) is 4.57 Å². The second kappa shape index (κ2) is 8.69. The summed E-state index contributed by atoms with van der Waals surface area (Å²) in [6, 6.07) is 0. The number of rotatable bonds is 10. The normalized spacial score (nSPS) is 19.5. The van der Waals surface area contributed by atoms with Gasteiger partial charge in [-0.3, -0.25) is 13.8 Å². The topological polar surface area (TPSA) is 174 Å². The molecule has 0 spiro atoms. The first kappa shape index (κ1) is 18.6. The number of Topliss-reactive ketones (excluding diaryl/α,β-unsaturated/α-hetero) is 1. The van der Waals surface area contributed by atoms with E-state index in [4.69, 9.17) is 20.2 Å². The van der Waals surface area contributed by atoms with E-state index in [1.165, 1.54) is 0 Å². The summed E-state index contributed by atoms with van der Waals surface area (Å²) in [5.74, 6) is -1.19. The summed E-state index contributed by atoms with van der Waals surface area (Å²) in [5.41, 5.74) is 0. The summed E-state index contributed by atoms with van der Waals surface area (Å²) in [7, 11) is -4.55. The van der Waals surface area contributed by atoms with Gasteiger partial charge < -0.3 is 30.4 Å². The molecule has 0 aromatic carbocycles. The molecule has 0 saturated heterocycles. The van der Waals surface area contributed by atoms with E-state index in [2.05, 4.69) is 9.05 Å². The molecular formula is C8H17O10P. The Bertz CT molecular complexity index is 321. The van der Waals surface area contributed by atoms with Crippen LogP contribution in [0.1, 0.15) is 0 Å². The fraction of sp³-hybridized carbons (Fsp3) is 0.875. The fourth-order valence-corrected chi connectivity index (χ4v) is 1.61. The lowest BCUT2D eigenvalue weighted by Crippen LogP contribution is -2.45. The van der Waals surface area contributed by atoms with Crippen molar-refractivity contribution in [1.82, 2.24) is 0 Å². The number of hydrogen-bond donors (Lipinski definition) is 6. The number of carbonyl (C=O) groups excluding carboxylic acids is 1. The molecule has 19 heavy (non-hydrogen) atoms. The van der Waals surface area contributed by atoms with Gasteiger partial charge in [-0.15, -0.1) is 0 Å². The summed E-state index contributed by atoms with van der Waals surface area (Å²) in [5, 5.41) is 44.3. The van der Waals surface area contributed by atoms with E-state index in [1.54, 1.807) is 0 Å². The SMILES string of the molecule is O=C(COP(=O)(O)OCCO)[C@@H](O)[C@H](O)[C@@H](O)CO. The highest BCUT2D eigenvalue weighted by molar-refractivity contribution is 7.47. The third-order valence-electron chi connectivity index (χ3n) is 1.95. The zero-order chi connectivity index (χ0) is 15.1. The standard InChI is InChI=1S/C8H17O10P/c9-1-2-17-19(15,16)18-4-6(12)8(14)7(13)5(11)3-10/h5,7-11,13-14H,1-4H2,(H,15,16)/t5-,7+,8+/m0/s1. The van der Waals surface area contributed by atoms with Crippen molar-refractivity contribution < 1.29 is 48.8 Å². The van der Waals surface area contributed by atoms with Crippen molar-refractivity contribution in [3.63, 3.8) is 0 Å². The molecule has 0 aliphatic rings. The average molecular weight is 304 g/mol. The van der Waals surface area contributed by atoms with Gasteiger partial charge in [-0.05, 0) is 0 Å². The smallest absolute Gasteiger partial charge is 0.394 e. The molecule has 0 aromatic rings. The van der Waals surface area contributed by atoms with Crippen molar-refractivity contribution in [2.24, 2.45) is 0 Å². The number of phosphoric ester groups is 1. The van der Waals surface area contributed by atoms with Crippen LogP contribution in [0.4, 0.5) is 0 Å². The minimum Gasteiger partial charge on any atom is -0.394 e. The Morgan fingerprint density at radius 1 is 1.16 bits per heavy atom. The second-order valence-corrected chi connectivity index (χ2v) is 4.90. The van der Waals surface area contributed by atoms with Gasteiger partial charge in [0.1, 0.15) is 24.9 Å². The third-order valence-corrected chi connectivity index (χ3v) is 2.91. The molecule has 0 aliphatic heterocycles. The number of aliphatic hydroxyl groups excluding tert-OH is 5. The first-order valence-electron chi connectivity index (χ1n) is 5.15. The van der Waals surface area contributed by atoms with Crippen molar-refractivity contribution in [1.29, 1.82) is 0 Å². The Morgan fingerprint density at radius 3 is 2.21 bits per heavy atom. The number of phosphoric acid groups is 1. The maximum atomic E-state index is 11.3. The number of carbonyl (C=O) groups is 1. The van der Waals surface area contributed by atoms with E-state index < -0.39 is 58.3 Å². The van der Waals surface area contributed by atoms with Gasteiger partial charge in [0.05, 0.1) is 19.8 Å². The lowest BCUT2D eigenvalue weighted by atomic mass is 10.1. The van der Waals surface area contributed by atoms with E-state index in [-0.39, 0.29) is 0 Å². The number of hydrogen-bond acceptors (Lipinski definition) is 9. The molecule has 0 radical (unpaired) electrons. The van der Waals surface area contributed by atoms with Gasteiger partial charge in [0.2, 0.25) is 0 Å². The molecule has 11 heteroatoms. The van der Waals surface area contributed by atoms with Crippen molar-refractivity contribution in [3.05, 3.63) is 0 Å². The van der Waals surface area contributed by atoms with Crippen LogP contribution in [0, 0.1) is 0 Å². The monoisotopic (exact) mass is 304 g/mol. The summed E-state index contributed by atoms with van der Waals surface area (Å²) in [6.45, 7) is -2.97. The largest absolute Gasteiger partial charge is 0.472 e. The van der Waals surface area contributed by atoms with Crippen LogP contribution in [-0.2, 0) is 18.4 Å². The van der Waals surface area contributed by atoms with E-state index in [0.29, 0.717) is 0 Å². The first-order chi connectivity index (χ1) is 8.75. The third kappa shape index (κ3) is 7.06. The second-order valence-electron chi connectivity index (χ2n) is 3.45. The van der Waals surface area contributed by atoms with Crippen LogP contribution >= 0.6 is 7.82 Å². The maximum absolute atomic E-state index is 11.3. The van der Waals surface area contributed by atoms with Crippen LogP contribution in [0.25, 0.3) is 0 Å². The molecule has 6 N–H and O–H groups in total. The van der Waals surface area contributed by atoms with Gasteiger partial charge in [0.25, 0.3) is 0 Å². The lowest BCUT2D eigenvalue weighted by molar-refractivity contribution is -0.142. The highest BCUT2D eigenvalue weighted by atomic mass is 31.2. The van der Waals surface area contributed by atoms with Crippen molar-refractivity contribution in [3.8, 4) is 0 Å². The van der Waals surface area contributed by atoms with Crippen LogP contribution in [0.3, 0.4) is 0 Å². The molecule has 0 bridgehead atoms. The van der Waals surface area contributed by atoms with Crippen molar-refractivity contribution in [2.75, 3.05) is 26.4 Å². The maximum Gasteiger partial charge on any atom is 0.472 e. The van der Waals surface area contributed by atoms with E-state index in [9.17, 15) is 19.6 Å². The Kier molecular flexibility index (Phi) is 8.50. The Hall–Kier alpha value is -0.420. The molecule has 4 atom stereocenters. The minimum atomic E-state index is -4.55. The molecular weight excluding hydrogens is 287 g/mol. The van der Waals surface area contributed by atoms with Crippen molar-refractivity contribution in [2.45, 2.75) is 18.3 Å². The Morgan fingerprint density at radius 2 is 1.74 bits per heavy atom. The fourth-order valence-electron chi connectivity index (χ4n) is 0.933. The highest BCUT2D eigenvalue weighted by Crippen LogP contribution is 2.42. The van der Waals surface area contributed by atoms with E-state index in [0.717, 1.165) is 0 Å². The predicted molar refractivity (Wildman–Crippen MR) is 58.9 cm³/mol. The Labute approximate surface area is 108 Å². The van der Waals surface area contributed by atoms with E-state index in [1.807, 2.05) is 0 Å². The molecule has 0 saturated carbocycles. The van der Waals surface area contributed by atoms with Crippen LogP contribution in [0.15, 0.2) is 0 Å². The van der Waals surface area contributed by atoms with Crippen LogP contribution in [0.5, 0.6) is 0 Å². The van der Waals surface area contributed by atoms with Gasteiger partial charge in [0.15, 0.2) is 5.78 Å². The summed E-state index contributed by atoms with van der Waals surface area (Å²) in [4.78, 5) is 20.2. The summed E-state index contributed by atoms with van der Waals surface area (Å²) in [6.07, 6.45) is -5.80. The van der Waals surface area contributed by atoms with E-state index >= 15 is 0 Å².